The number of alkyl halides is 2. The van der Waals surface area contributed by atoms with Gasteiger partial charge in [0.1, 0.15) is 12.8 Å². The molecule has 0 bridgehead atoms. The highest BCUT2D eigenvalue weighted by molar-refractivity contribution is 6.21. The van der Waals surface area contributed by atoms with Crippen LogP contribution in [0.15, 0.2) is 0 Å². The van der Waals surface area contributed by atoms with Crippen LogP contribution >= 0.6 is 11.6 Å². The molecule has 0 aromatic heterocycles. The first kappa shape index (κ1) is 8.18. The molecule has 49 valence electrons. The van der Waals surface area contributed by atoms with Crippen molar-refractivity contribution in [1.82, 2.24) is 0 Å². The topological polar surface area (TPSA) is 19.9 Å². The highest BCUT2D eigenvalue weighted by Gasteiger charge is 2.14. The van der Waals surface area contributed by atoms with Crippen LogP contribution in [-0.2, 0) is 5.11 Å². The van der Waals surface area contributed by atoms with E-state index in [4.69, 9.17) is 11.6 Å². The van der Waals surface area contributed by atoms with Crippen molar-refractivity contribution < 1.29 is 9.50 Å². The molecule has 0 heterocycles. The molecule has 0 saturated carbocycles. The molecule has 0 aliphatic rings. The molecule has 0 fully saturated rings. The molecule has 0 aromatic rings. The van der Waals surface area contributed by atoms with Crippen LogP contribution in [0.25, 0.3) is 0 Å². The number of rotatable bonds is 3. The van der Waals surface area contributed by atoms with Gasteiger partial charge in [-0.2, -0.15) is 0 Å². The van der Waals surface area contributed by atoms with Gasteiger partial charge in [-0.15, -0.1) is 11.6 Å². The van der Waals surface area contributed by atoms with Gasteiger partial charge < -0.3 is 0 Å². The maximum Gasteiger partial charge on any atom is 0.119 e. The fourth-order valence-corrected chi connectivity index (χ4v) is 0.538. The molecule has 8 heavy (non-hydrogen) atoms. The summed E-state index contributed by atoms with van der Waals surface area (Å²) in [6.07, 6.45) is -0.801. The van der Waals surface area contributed by atoms with Gasteiger partial charge in [0.05, 0.1) is 5.38 Å². The summed E-state index contributed by atoms with van der Waals surface area (Å²) in [7, 11) is 0. The summed E-state index contributed by atoms with van der Waals surface area (Å²) >= 11 is 5.23. The van der Waals surface area contributed by atoms with E-state index in [1.165, 1.54) is 0 Å². The average molecular weight is 140 g/mol. The van der Waals surface area contributed by atoms with Gasteiger partial charge in [-0.1, -0.05) is 6.92 Å². The first-order valence-corrected chi connectivity index (χ1v) is 3.02. The molecule has 0 aliphatic heterocycles. The third kappa shape index (κ3) is 2.48. The smallest absolute Gasteiger partial charge is 0.119 e. The minimum atomic E-state index is -1.13. The molecule has 2 unspecified atom stereocenters. The third-order valence-corrected chi connectivity index (χ3v) is 1.34. The van der Waals surface area contributed by atoms with Gasteiger partial charge in [-0.3, -0.25) is 0 Å². The summed E-state index contributed by atoms with van der Waals surface area (Å²) in [5.41, 5.74) is 0. The van der Waals surface area contributed by atoms with Gasteiger partial charge >= 0.3 is 0 Å². The van der Waals surface area contributed by atoms with Crippen LogP contribution in [0.2, 0.25) is 0 Å². The Morgan fingerprint density at radius 1 is 1.75 bits per heavy atom. The Morgan fingerprint density at radius 3 is 2.38 bits per heavy atom. The lowest BCUT2D eigenvalue weighted by molar-refractivity contribution is 0.157. The van der Waals surface area contributed by atoms with Crippen LogP contribution in [0.4, 0.5) is 4.39 Å². The summed E-state index contributed by atoms with van der Waals surface area (Å²) < 4.78 is 12.2. The van der Waals surface area contributed by atoms with Crippen molar-refractivity contribution in [2.24, 2.45) is 0 Å². The summed E-state index contributed by atoms with van der Waals surface area (Å²) in [6.45, 7) is 1.13. The average Bonchev–Trinajstić information content (AvgIpc) is 1.84. The maximum absolute atomic E-state index is 12.2. The first-order chi connectivity index (χ1) is 3.72. The second-order valence-electron chi connectivity index (χ2n) is 1.61. The summed E-state index contributed by atoms with van der Waals surface area (Å²) in [5, 5.41) is 9.02. The highest BCUT2D eigenvalue weighted by Crippen LogP contribution is 2.08. The molecular weight excluding hydrogens is 131 g/mol. The lowest BCUT2D eigenvalue weighted by Crippen LogP contribution is -2.17. The van der Waals surface area contributed by atoms with E-state index >= 15 is 0 Å². The van der Waals surface area contributed by atoms with E-state index in [1.807, 2.05) is 0 Å². The van der Waals surface area contributed by atoms with E-state index in [0.717, 1.165) is 0 Å². The number of hydrogen-bond donors (Lipinski definition) is 0. The summed E-state index contributed by atoms with van der Waals surface area (Å²) in [5.74, 6) is 0. The van der Waals surface area contributed by atoms with Crippen LogP contribution in [0.5, 0.6) is 0 Å². The van der Waals surface area contributed by atoms with Gasteiger partial charge in [0.15, 0.2) is 0 Å². The predicted octanol–water partition coefficient (Wildman–Crippen LogP) is 1.77. The fourth-order valence-electron chi connectivity index (χ4n) is 0.360. The summed E-state index contributed by atoms with van der Waals surface area (Å²) in [4.78, 5) is 0. The molecule has 1 radical (unpaired) electrons. The quantitative estimate of drug-likeness (QED) is 0.531. The molecule has 2 atom stereocenters. The van der Waals surface area contributed by atoms with Gasteiger partial charge in [-0.05, 0) is 6.42 Å². The Balaban J connectivity index is 3.29. The van der Waals surface area contributed by atoms with Gasteiger partial charge in [0.25, 0.3) is 0 Å². The van der Waals surface area contributed by atoms with Crippen LogP contribution in [-0.4, -0.2) is 18.2 Å². The van der Waals surface area contributed by atoms with Gasteiger partial charge in [0.2, 0.25) is 0 Å². The zero-order chi connectivity index (χ0) is 6.57. The predicted molar refractivity (Wildman–Crippen MR) is 30.4 cm³/mol. The van der Waals surface area contributed by atoms with E-state index in [9.17, 15) is 9.50 Å². The van der Waals surface area contributed by atoms with Crippen molar-refractivity contribution in [1.29, 1.82) is 0 Å². The Hall–Kier alpha value is 0.180. The minimum absolute atomic E-state index is 0.330. The van der Waals surface area contributed by atoms with E-state index in [0.29, 0.717) is 6.42 Å². The maximum atomic E-state index is 12.2. The molecule has 0 N–H and O–H groups in total. The van der Waals surface area contributed by atoms with Crippen LogP contribution in [0.1, 0.15) is 13.3 Å². The van der Waals surface area contributed by atoms with Crippen molar-refractivity contribution >= 4 is 11.6 Å². The molecular formula is C5H9ClFO. The largest absolute Gasteiger partial charge is 0.246 e. The van der Waals surface area contributed by atoms with Gasteiger partial charge in [-0.25, -0.2) is 9.50 Å². The number of hydrogen-bond acceptors (Lipinski definition) is 0. The van der Waals surface area contributed by atoms with Gasteiger partial charge in [0, 0.05) is 0 Å². The highest BCUT2D eigenvalue weighted by atomic mass is 35.5. The Morgan fingerprint density at radius 2 is 2.25 bits per heavy atom. The third-order valence-electron chi connectivity index (χ3n) is 0.942. The van der Waals surface area contributed by atoms with Crippen molar-refractivity contribution in [3.8, 4) is 0 Å². The first-order valence-electron chi connectivity index (χ1n) is 2.58. The monoisotopic (exact) mass is 139 g/mol. The molecule has 1 nitrogen and oxygen atoms in total. The van der Waals surface area contributed by atoms with Crippen molar-refractivity contribution in [3.63, 3.8) is 0 Å². The van der Waals surface area contributed by atoms with Crippen LogP contribution in [0.3, 0.4) is 0 Å². The van der Waals surface area contributed by atoms with E-state index < -0.39 is 18.2 Å². The van der Waals surface area contributed by atoms with Crippen LogP contribution in [0, 0.1) is 0 Å². The normalized spacial score (nSPS) is 18.0. The SMILES string of the molecule is CCC(F)C(Cl)C[O]. The second kappa shape index (κ2) is 4.10. The lowest BCUT2D eigenvalue weighted by atomic mass is 10.2. The standard InChI is InChI=1S/C5H9ClFO/c1-2-5(7)4(6)3-8/h4-5H,2-3H2,1H3. The second-order valence-corrected chi connectivity index (χ2v) is 2.17. The number of halogens is 2. The zero-order valence-corrected chi connectivity index (χ0v) is 5.49. The van der Waals surface area contributed by atoms with E-state index in [2.05, 4.69) is 0 Å². The molecule has 0 rings (SSSR count). The molecule has 0 aliphatic carbocycles. The molecule has 0 saturated heterocycles. The molecule has 0 amide bonds. The van der Waals surface area contributed by atoms with Crippen molar-refractivity contribution in [3.05, 3.63) is 0 Å². The zero-order valence-electron chi connectivity index (χ0n) is 4.73. The molecule has 3 heteroatoms. The molecule has 0 spiro atoms. The Kier molecular flexibility index (Phi) is 4.19. The van der Waals surface area contributed by atoms with E-state index in [-0.39, 0.29) is 0 Å². The van der Waals surface area contributed by atoms with Crippen LogP contribution < -0.4 is 0 Å². The fraction of sp³-hybridized carbons (Fsp3) is 1.00. The lowest BCUT2D eigenvalue weighted by Gasteiger charge is -2.06. The van der Waals surface area contributed by atoms with Crippen molar-refractivity contribution in [2.75, 3.05) is 6.61 Å². The van der Waals surface area contributed by atoms with Crippen molar-refractivity contribution in [2.45, 2.75) is 24.9 Å². The Bertz CT molecular complexity index is 52.4. The minimum Gasteiger partial charge on any atom is -0.246 e. The summed E-state index contributed by atoms with van der Waals surface area (Å²) in [6, 6.07) is 0. The van der Waals surface area contributed by atoms with E-state index in [1.54, 1.807) is 6.92 Å². The molecule has 0 aromatic carbocycles. The Labute approximate surface area is 53.5 Å².